The first-order chi connectivity index (χ1) is 11.3. The second-order valence-electron chi connectivity index (χ2n) is 5.25. The fourth-order valence-corrected chi connectivity index (χ4v) is 2.55. The Kier molecular flexibility index (Phi) is 3.24. The molecule has 0 spiro atoms. The highest BCUT2D eigenvalue weighted by Crippen LogP contribution is 2.31. The largest absolute Gasteiger partial charge is 0.489 e. The first-order valence-corrected chi connectivity index (χ1v) is 7.29. The van der Waals surface area contributed by atoms with Crippen LogP contribution in [-0.2, 0) is 6.61 Å². The Morgan fingerprint density at radius 2 is 2.00 bits per heavy atom. The molecule has 4 rings (SSSR count). The molecule has 0 bridgehead atoms. The summed E-state index contributed by atoms with van der Waals surface area (Å²) in [5, 5.41) is 1.02. The van der Waals surface area contributed by atoms with Crippen molar-refractivity contribution in [2.75, 3.05) is 5.73 Å². The van der Waals surface area contributed by atoms with Gasteiger partial charge in [0.15, 0.2) is 0 Å². The number of aromatic nitrogens is 2. The maximum absolute atomic E-state index is 5.88. The topological polar surface area (TPSA) is 77.1 Å². The number of benzene rings is 2. The van der Waals surface area contributed by atoms with Crippen LogP contribution in [0.2, 0.25) is 0 Å². The van der Waals surface area contributed by atoms with Crippen molar-refractivity contribution in [2.24, 2.45) is 0 Å². The van der Waals surface area contributed by atoms with Gasteiger partial charge in [0.25, 0.3) is 6.01 Å². The van der Waals surface area contributed by atoms with Crippen molar-refractivity contribution in [2.45, 2.75) is 6.61 Å². The van der Waals surface area contributed by atoms with E-state index < -0.39 is 0 Å². The minimum absolute atomic E-state index is 0.158. The molecular formula is C18H15N3O2. The van der Waals surface area contributed by atoms with Crippen LogP contribution in [-0.4, -0.2) is 9.97 Å². The summed E-state index contributed by atoms with van der Waals surface area (Å²) in [6.07, 6.45) is 3.44. The Morgan fingerprint density at radius 3 is 2.78 bits per heavy atom. The summed E-state index contributed by atoms with van der Waals surface area (Å²) in [6.45, 7) is 0.531. The number of fused-ring (bicyclic) bond motifs is 1. The molecule has 0 fully saturated rings. The number of aromatic amines is 1. The molecule has 0 radical (unpaired) electrons. The molecule has 0 atom stereocenters. The maximum Gasteiger partial charge on any atom is 0.292 e. The van der Waals surface area contributed by atoms with Gasteiger partial charge in [-0.25, -0.2) is 0 Å². The molecule has 2 heterocycles. The highest BCUT2D eigenvalue weighted by molar-refractivity contribution is 5.95. The third kappa shape index (κ3) is 2.64. The van der Waals surface area contributed by atoms with Crippen LogP contribution < -0.4 is 10.5 Å². The molecular weight excluding hydrogens is 290 g/mol. The van der Waals surface area contributed by atoms with E-state index in [1.54, 1.807) is 6.26 Å². The first kappa shape index (κ1) is 13.5. The molecule has 114 valence electrons. The Labute approximate surface area is 132 Å². The second kappa shape index (κ2) is 5.53. The van der Waals surface area contributed by atoms with Crippen molar-refractivity contribution in [3.05, 3.63) is 66.6 Å². The number of rotatable bonds is 4. The van der Waals surface area contributed by atoms with Crippen molar-refractivity contribution in [3.8, 4) is 17.0 Å². The summed E-state index contributed by atoms with van der Waals surface area (Å²) in [7, 11) is 0. The molecule has 4 aromatic rings. The van der Waals surface area contributed by atoms with E-state index in [-0.39, 0.29) is 6.01 Å². The zero-order valence-corrected chi connectivity index (χ0v) is 12.3. The van der Waals surface area contributed by atoms with E-state index in [4.69, 9.17) is 14.9 Å². The zero-order valence-electron chi connectivity index (χ0n) is 12.3. The lowest BCUT2D eigenvalue weighted by molar-refractivity contribution is 0.306. The number of H-pyrrole nitrogens is 1. The lowest BCUT2D eigenvalue weighted by Gasteiger charge is -2.06. The number of ether oxygens (including phenoxy) is 1. The first-order valence-electron chi connectivity index (χ1n) is 7.29. The molecule has 3 N–H and O–H groups in total. The summed E-state index contributed by atoms with van der Waals surface area (Å²) in [6, 6.07) is 16.2. The van der Waals surface area contributed by atoms with Crippen molar-refractivity contribution in [3.63, 3.8) is 0 Å². The van der Waals surface area contributed by atoms with E-state index in [1.165, 1.54) is 0 Å². The fraction of sp³-hybridized carbons (Fsp3) is 0.0556. The third-order valence-corrected chi connectivity index (χ3v) is 3.70. The van der Waals surface area contributed by atoms with Crippen molar-refractivity contribution < 1.29 is 9.15 Å². The number of hydrogen-bond acceptors (Lipinski definition) is 4. The molecule has 0 unspecified atom stereocenters. The predicted molar refractivity (Wildman–Crippen MR) is 89.0 cm³/mol. The Morgan fingerprint density at radius 1 is 1.13 bits per heavy atom. The SMILES string of the molecule is Nc1nc(-c2c[nH]c3ccc(OCc4ccccc4)cc23)co1. The van der Waals surface area contributed by atoms with E-state index in [2.05, 4.69) is 9.97 Å². The molecule has 0 aliphatic carbocycles. The summed E-state index contributed by atoms with van der Waals surface area (Å²) in [5.74, 6) is 0.804. The van der Waals surface area contributed by atoms with E-state index in [9.17, 15) is 0 Å². The molecule has 0 amide bonds. The Balaban J connectivity index is 1.64. The number of anilines is 1. The van der Waals surface area contributed by atoms with E-state index >= 15 is 0 Å². The normalized spacial score (nSPS) is 11.0. The standard InChI is InChI=1S/C18H15N3O2/c19-18-21-17(11-23-18)15-9-20-16-7-6-13(8-14(15)16)22-10-12-4-2-1-3-5-12/h1-9,11,20H,10H2,(H2,19,21). The van der Waals surface area contributed by atoms with Gasteiger partial charge in [0, 0.05) is 22.7 Å². The van der Waals surface area contributed by atoms with Crippen molar-refractivity contribution in [1.82, 2.24) is 9.97 Å². The molecule has 2 aromatic carbocycles. The lowest BCUT2D eigenvalue weighted by Crippen LogP contribution is -1.94. The fourth-order valence-electron chi connectivity index (χ4n) is 2.55. The summed E-state index contributed by atoms with van der Waals surface area (Å²) >= 11 is 0. The quantitative estimate of drug-likeness (QED) is 0.598. The predicted octanol–water partition coefficient (Wildman–Crippen LogP) is 3.98. The maximum atomic E-state index is 5.88. The molecule has 2 aromatic heterocycles. The number of nitrogen functional groups attached to an aromatic ring is 1. The van der Waals surface area contributed by atoms with Gasteiger partial charge in [-0.3, -0.25) is 0 Å². The van der Waals surface area contributed by atoms with Gasteiger partial charge in [-0.1, -0.05) is 30.3 Å². The number of nitrogens with two attached hydrogens (primary N) is 1. The van der Waals surface area contributed by atoms with Gasteiger partial charge < -0.3 is 19.9 Å². The lowest BCUT2D eigenvalue weighted by atomic mass is 10.1. The number of nitrogens with zero attached hydrogens (tertiary/aromatic N) is 1. The van der Waals surface area contributed by atoms with Gasteiger partial charge in [0.05, 0.1) is 0 Å². The van der Waals surface area contributed by atoms with Crippen LogP contribution in [0.1, 0.15) is 5.56 Å². The van der Waals surface area contributed by atoms with Gasteiger partial charge >= 0.3 is 0 Å². The van der Waals surface area contributed by atoms with Crippen LogP contribution >= 0.6 is 0 Å². The molecule has 5 heteroatoms. The highest BCUT2D eigenvalue weighted by Gasteiger charge is 2.11. The second-order valence-corrected chi connectivity index (χ2v) is 5.25. The minimum Gasteiger partial charge on any atom is -0.489 e. The molecule has 0 saturated heterocycles. The zero-order chi connectivity index (χ0) is 15.6. The van der Waals surface area contributed by atoms with Crippen LogP contribution in [0.15, 0.2) is 65.4 Å². The van der Waals surface area contributed by atoms with Gasteiger partial charge in [0.1, 0.15) is 24.3 Å². The van der Waals surface area contributed by atoms with E-state index in [0.717, 1.165) is 27.8 Å². The molecule has 5 nitrogen and oxygen atoms in total. The van der Waals surface area contributed by atoms with Gasteiger partial charge in [0.2, 0.25) is 0 Å². The smallest absolute Gasteiger partial charge is 0.292 e. The summed E-state index contributed by atoms with van der Waals surface area (Å²) in [4.78, 5) is 7.40. The van der Waals surface area contributed by atoms with Crippen molar-refractivity contribution >= 4 is 16.9 Å². The summed E-state index contributed by atoms with van der Waals surface area (Å²) in [5.41, 5.74) is 9.34. The Hall–Kier alpha value is -3.21. The van der Waals surface area contributed by atoms with E-state index in [1.807, 2.05) is 54.7 Å². The van der Waals surface area contributed by atoms with Gasteiger partial charge in [-0.05, 0) is 23.8 Å². The molecule has 0 saturated carbocycles. The van der Waals surface area contributed by atoms with Crippen molar-refractivity contribution in [1.29, 1.82) is 0 Å². The summed E-state index contributed by atoms with van der Waals surface area (Å²) < 4.78 is 11.0. The average molecular weight is 305 g/mol. The molecule has 0 aliphatic rings. The van der Waals surface area contributed by atoms with Gasteiger partial charge in [-0.15, -0.1) is 0 Å². The highest BCUT2D eigenvalue weighted by atomic mass is 16.5. The molecule has 23 heavy (non-hydrogen) atoms. The number of oxazole rings is 1. The number of nitrogens with one attached hydrogen (secondary N) is 1. The monoisotopic (exact) mass is 305 g/mol. The minimum atomic E-state index is 0.158. The van der Waals surface area contributed by atoms with E-state index in [0.29, 0.717) is 12.3 Å². The average Bonchev–Trinajstić information content (AvgIpc) is 3.19. The van der Waals surface area contributed by atoms with Crippen LogP contribution in [0.4, 0.5) is 6.01 Å². The molecule has 0 aliphatic heterocycles. The number of hydrogen-bond donors (Lipinski definition) is 2. The van der Waals surface area contributed by atoms with Crippen LogP contribution in [0.3, 0.4) is 0 Å². The Bertz CT molecular complexity index is 941. The van der Waals surface area contributed by atoms with Crippen LogP contribution in [0.25, 0.3) is 22.2 Å². The van der Waals surface area contributed by atoms with Crippen LogP contribution in [0, 0.1) is 0 Å². The third-order valence-electron chi connectivity index (χ3n) is 3.70. The van der Waals surface area contributed by atoms with Crippen LogP contribution in [0.5, 0.6) is 5.75 Å². The van der Waals surface area contributed by atoms with Gasteiger partial charge in [-0.2, -0.15) is 4.98 Å².